The van der Waals surface area contributed by atoms with E-state index in [-0.39, 0.29) is 5.97 Å². The van der Waals surface area contributed by atoms with Crippen LogP contribution in [0.1, 0.15) is 22.8 Å². The van der Waals surface area contributed by atoms with Gasteiger partial charge in [-0.3, -0.25) is 0 Å². The molecule has 0 unspecified atom stereocenters. The molecule has 0 spiro atoms. The second-order valence-electron chi connectivity index (χ2n) is 3.17. The first kappa shape index (κ1) is 10.2. The summed E-state index contributed by atoms with van der Waals surface area (Å²) >= 11 is 0. The van der Waals surface area contributed by atoms with Gasteiger partial charge in [0.25, 0.3) is 0 Å². The molecule has 0 amide bonds. The molecule has 4 nitrogen and oxygen atoms in total. The van der Waals surface area contributed by atoms with Gasteiger partial charge in [-0.2, -0.15) is 5.10 Å². The first-order valence-corrected chi connectivity index (χ1v) is 4.87. The van der Waals surface area contributed by atoms with Crippen molar-refractivity contribution >= 4 is 11.5 Å². The van der Waals surface area contributed by atoms with Gasteiger partial charge < -0.3 is 4.74 Å². The molecule has 0 atom stereocenters. The topological polar surface area (TPSA) is 43.6 Å². The zero-order chi connectivity index (χ0) is 11.5. The van der Waals surface area contributed by atoms with Gasteiger partial charge in [0.15, 0.2) is 0 Å². The fourth-order valence-corrected chi connectivity index (χ4v) is 1.44. The van der Waals surface area contributed by atoms with Crippen molar-refractivity contribution in [2.75, 3.05) is 6.61 Å². The zero-order valence-electron chi connectivity index (χ0n) is 8.80. The highest BCUT2D eigenvalue weighted by atomic mass is 16.5. The van der Waals surface area contributed by atoms with E-state index in [4.69, 9.17) is 11.2 Å². The monoisotopic (exact) mass is 214 g/mol. The number of hydrogen-bond donors (Lipinski definition) is 0. The molecule has 80 valence electrons. The number of pyridine rings is 1. The van der Waals surface area contributed by atoms with Crippen LogP contribution in [0.25, 0.3) is 5.52 Å². The van der Waals surface area contributed by atoms with Crippen LogP contribution >= 0.6 is 0 Å². The van der Waals surface area contributed by atoms with Crippen molar-refractivity contribution in [1.82, 2.24) is 9.61 Å². The lowest BCUT2D eigenvalue weighted by molar-refractivity contribution is 0.0528. The van der Waals surface area contributed by atoms with Gasteiger partial charge in [-0.15, -0.1) is 6.42 Å². The Balaban J connectivity index is 2.50. The van der Waals surface area contributed by atoms with Gasteiger partial charge in [0, 0.05) is 11.8 Å². The summed E-state index contributed by atoms with van der Waals surface area (Å²) in [5, 5.41) is 4.05. The number of terminal acetylenes is 1. The molecule has 0 radical (unpaired) electrons. The molecule has 16 heavy (non-hydrogen) atoms. The number of rotatable bonds is 2. The predicted molar refractivity (Wildman–Crippen MR) is 59.1 cm³/mol. The van der Waals surface area contributed by atoms with Crippen molar-refractivity contribution in [3.8, 4) is 12.3 Å². The maximum absolute atomic E-state index is 11.6. The van der Waals surface area contributed by atoms with Crippen LogP contribution in [0.15, 0.2) is 24.5 Å². The van der Waals surface area contributed by atoms with Crippen LogP contribution < -0.4 is 0 Å². The maximum Gasteiger partial charge on any atom is 0.341 e. The van der Waals surface area contributed by atoms with E-state index < -0.39 is 0 Å². The van der Waals surface area contributed by atoms with Crippen molar-refractivity contribution in [3.05, 3.63) is 35.7 Å². The quantitative estimate of drug-likeness (QED) is 0.562. The van der Waals surface area contributed by atoms with E-state index in [1.165, 1.54) is 6.20 Å². The van der Waals surface area contributed by atoms with Crippen LogP contribution in [0, 0.1) is 12.3 Å². The second-order valence-corrected chi connectivity index (χ2v) is 3.17. The average molecular weight is 214 g/mol. The highest BCUT2D eigenvalue weighted by molar-refractivity contribution is 5.96. The smallest absolute Gasteiger partial charge is 0.341 e. The molecule has 2 rings (SSSR count). The first-order valence-electron chi connectivity index (χ1n) is 4.87. The summed E-state index contributed by atoms with van der Waals surface area (Å²) in [6.07, 6.45) is 8.44. The minimum absolute atomic E-state index is 0.346. The van der Waals surface area contributed by atoms with E-state index >= 15 is 0 Å². The Bertz CT molecular complexity index is 578. The van der Waals surface area contributed by atoms with Crippen LogP contribution in [0.4, 0.5) is 0 Å². The molecule has 0 aliphatic rings. The van der Waals surface area contributed by atoms with E-state index in [0.717, 1.165) is 0 Å². The summed E-state index contributed by atoms with van der Waals surface area (Å²) in [5.74, 6) is 2.14. The minimum Gasteiger partial charge on any atom is -0.462 e. The molecule has 0 bridgehead atoms. The molecule has 0 fully saturated rings. The number of esters is 1. The molecule has 0 aromatic carbocycles. The van der Waals surface area contributed by atoms with Crippen LogP contribution in [-0.4, -0.2) is 22.2 Å². The highest BCUT2D eigenvalue weighted by Gasteiger charge is 2.13. The molecule has 2 aromatic heterocycles. The lowest BCUT2D eigenvalue weighted by Gasteiger charge is -1.99. The summed E-state index contributed by atoms with van der Waals surface area (Å²) in [5.41, 5.74) is 1.86. The average Bonchev–Trinajstić information content (AvgIpc) is 2.71. The number of fused-ring (bicyclic) bond motifs is 1. The summed E-state index contributed by atoms with van der Waals surface area (Å²) in [7, 11) is 0. The van der Waals surface area contributed by atoms with Crippen LogP contribution in [-0.2, 0) is 4.74 Å². The second kappa shape index (κ2) is 4.07. The summed E-state index contributed by atoms with van der Waals surface area (Å²) in [4.78, 5) is 11.6. The Hall–Kier alpha value is -2.28. The highest BCUT2D eigenvalue weighted by Crippen LogP contribution is 2.12. The summed E-state index contributed by atoms with van der Waals surface area (Å²) in [6.45, 7) is 2.11. The molecule has 4 heteroatoms. The molecule has 0 aliphatic heterocycles. The van der Waals surface area contributed by atoms with Crippen molar-refractivity contribution in [3.63, 3.8) is 0 Å². The van der Waals surface area contributed by atoms with Crippen molar-refractivity contribution in [1.29, 1.82) is 0 Å². The largest absolute Gasteiger partial charge is 0.462 e. The Labute approximate surface area is 92.8 Å². The van der Waals surface area contributed by atoms with Crippen molar-refractivity contribution in [2.45, 2.75) is 6.92 Å². The molecular weight excluding hydrogens is 204 g/mol. The lowest BCUT2D eigenvalue weighted by Crippen LogP contribution is -2.03. The van der Waals surface area contributed by atoms with E-state index in [9.17, 15) is 4.79 Å². The first-order chi connectivity index (χ1) is 7.76. The normalized spacial score (nSPS) is 10.0. The third kappa shape index (κ3) is 1.63. The Kier molecular flexibility index (Phi) is 2.61. The van der Waals surface area contributed by atoms with Crippen LogP contribution in [0.5, 0.6) is 0 Å². The van der Waals surface area contributed by atoms with Gasteiger partial charge in [-0.05, 0) is 19.1 Å². The number of carbonyl (C=O) groups excluding carboxylic acids is 1. The third-order valence-corrected chi connectivity index (χ3v) is 2.18. The molecule has 2 aromatic rings. The predicted octanol–water partition coefficient (Wildman–Crippen LogP) is 1.49. The molecule has 0 saturated carbocycles. The fraction of sp³-hybridized carbons (Fsp3) is 0.167. The fourth-order valence-electron chi connectivity index (χ4n) is 1.44. The van der Waals surface area contributed by atoms with E-state index in [2.05, 4.69) is 11.0 Å². The van der Waals surface area contributed by atoms with E-state index in [1.807, 2.05) is 0 Å². The van der Waals surface area contributed by atoms with Gasteiger partial charge in [0.2, 0.25) is 0 Å². The maximum atomic E-state index is 11.6. The molecule has 0 aliphatic carbocycles. The summed E-state index contributed by atoms with van der Waals surface area (Å²) in [6, 6.07) is 3.52. The van der Waals surface area contributed by atoms with Crippen LogP contribution in [0.2, 0.25) is 0 Å². The van der Waals surface area contributed by atoms with Crippen molar-refractivity contribution < 1.29 is 9.53 Å². The molecular formula is C12H10N2O2. The van der Waals surface area contributed by atoms with Gasteiger partial charge >= 0.3 is 5.97 Å². The lowest BCUT2D eigenvalue weighted by atomic mass is 10.2. The third-order valence-electron chi connectivity index (χ3n) is 2.18. The zero-order valence-corrected chi connectivity index (χ0v) is 8.80. The van der Waals surface area contributed by atoms with Crippen LogP contribution in [0.3, 0.4) is 0 Å². The number of ether oxygens (including phenoxy) is 1. The summed E-state index contributed by atoms with van der Waals surface area (Å²) < 4.78 is 6.49. The Morgan fingerprint density at radius 2 is 2.44 bits per heavy atom. The number of carbonyl (C=O) groups is 1. The number of nitrogens with zero attached hydrogens (tertiary/aromatic N) is 2. The van der Waals surface area contributed by atoms with Gasteiger partial charge in [-0.1, -0.05) is 5.92 Å². The molecule has 0 N–H and O–H groups in total. The van der Waals surface area contributed by atoms with Gasteiger partial charge in [-0.25, -0.2) is 9.31 Å². The number of hydrogen-bond acceptors (Lipinski definition) is 3. The Morgan fingerprint density at radius 3 is 3.12 bits per heavy atom. The van der Waals surface area contributed by atoms with E-state index in [1.54, 1.807) is 29.8 Å². The van der Waals surface area contributed by atoms with Gasteiger partial charge in [0.05, 0.1) is 18.3 Å². The SMILES string of the molecule is C#Cc1ccc2c(C(=O)OCC)cnn2c1. The minimum atomic E-state index is -0.369. The standard InChI is InChI=1S/C12H10N2O2/c1-3-9-5-6-11-10(12(15)16-4-2)7-13-14(11)8-9/h1,5-8H,4H2,2H3. The Morgan fingerprint density at radius 1 is 1.62 bits per heavy atom. The van der Waals surface area contributed by atoms with Crippen molar-refractivity contribution in [2.24, 2.45) is 0 Å². The van der Waals surface area contributed by atoms with E-state index in [0.29, 0.717) is 23.3 Å². The number of aromatic nitrogens is 2. The van der Waals surface area contributed by atoms with Gasteiger partial charge in [0.1, 0.15) is 5.56 Å². The molecule has 2 heterocycles. The molecule has 0 saturated heterocycles.